The zero-order valence-electron chi connectivity index (χ0n) is 12.5. The van der Waals surface area contributed by atoms with E-state index in [2.05, 4.69) is 0 Å². The van der Waals surface area contributed by atoms with Crippen LogP contribution in [-0.4, -0.2) is 0 Å². The van der Waals surface area contributed by atoms with Crippen molar-refractivity contribution in [3.8, 4) is 5.75 Å². The van der Waals surface area contributed by atoms with Crippen molar-refractivity contribution in [1.29, 1.82) is 0 Å². The molecule has 0 radical (unpaired) electrons. The maximum atomic E-state index is 11.5. The standard InChI is InChI=1S/C19H14O4/c1-12-8-19(20)23-18-10-14(6-7-16(12)18)21-11-15-9-13-4-2-3-5-17(13)22-15/h2-10H,11H2,1H3. The van der Waals surface area contributed by atoms with E-state index >= 15 is 0 Å². The van der Waals surface area contributed by atoms with E-state index in [0.29, 0.717) is 17.9 Å². The summed E-state index contributed by atoms with van der Waals surface area (Å²) in [7, 11) is 0. The second kappa shape index (κ2) is 5.32. The smallest absolute Gasteiger partial charge is 0.336 e. The predicted octanol–water partition coefficient (Wildman–Crippen LogP) is 4.43. The van der Waals surface area contributed by atoms with Crippen molar-refractivity contribution in [3.63, 3.8) is 0 Å². The molecule has 0 aliphatic carbocycles. The molecule has 0 atom stereocenters. The average Bonchev–Trinajstić information content (AvgIpc) is 2.95. The van der Waals surface area contributed by atoms with Gasteiger partial charge in [0.2, 0.25) is 0 Å². The molecular formula is C19H14O4. The quantitative estimate of drug-likeness (QED) is 0.525. The molecule has 4 nitrogen and oxygen atoms in total. The summed E-state index contributed by atoms with van der Waals surface area (Å²) >= 11 is 0. The van der Waals surface area contributed by atoms with E-state index in [4.69, 9.17) is 13.6 Å². The molecule has 23 heavy (non-hydrogen) atoms. The lowest BCUT2D eigenvalue weighted by molar-refractivity contribution is 0.274. The lowest BCUT2D eigenvalue weighted by Crippen LogP contribution is -1.98. The van der Waals surface area contributed by atoms with Crippen LogP contribution in [0, 0.1) is 6.92 Å². The SMILES string of the molecule is Cc1cc(=O)oc2cc(OCc3cc4ccccc4o3)ccc12. The van der Waals surface area contributed by atoms with Crippen molar-refractivity contribution in [2.75, 3.05) is 0 Å². The highest BCUT2D eigenvalue weighted by Crippen LogP contribution is 2.24. The number of ether oxygens (including phenoxy) is 1. The van der Waals surface area contributed by atoms with Crippen molar-refractivity contribution < 1.29 is 13.6 Å². The molecule has 0 aliphatic rings. The summed E-state index contributed by atoms with van der Waals surface area (Å²) in [6, 6.07) is 16.7. The van der Waals surface area contributed by atoms with Crippen LogP contribution in [0.3, 0.4) is 0 Å². The highest BCUT2D eigenvalue weighted by molar-refractivity contribution is 5.81. The maximum absolute atomic E-state index is 11.5. The van der Waals surface area contributed by atoms with Crippen LogP contribution in [-0.2, 0) is 6.61 Å². The van der Waals surface area contributed by atoms with E-state index in [-0.39, 0.29) is 5.63 Å². The monoisotopic (exact) mass is 306 g/mol. The normalized spacial score (nSPS) is 11.2. The molecule has 4 rings (SSSR count). The molecule has 2 aromatic heterocycles. The highest BCUT2D eigenvalue weighted by Gasteiger charge is 2.06. The van der Waals surface area contributed by atoms with Crippen LogP contribution < -0.4 is 10.4 Å². The molecule has 114 valence electrons. The van der Waals surface area contributed by atoms with Gasteiger partial charge in [-0.1, -0.05) is 18.2 Å². The van der Waals surface area contributed by atoms with Crippen molar-refractivity contribution in [1.82, 2.24) is 0 Å². The third-order valence-corrected chi connectivity index (χ3v) is 3.78. The van der Waals surface area contributed by atoms with Gasteiger partial charge in [0.25, 0.3) is 0 Å². The second-order valence-corrected chi connectivity index (χ2v) is 5.45. The maximum Gasteiger partial charge on any atom is 0.336 e. The van der Waals surface area contributed by atoms with E-state index < -0.39 is 0 Å². The number of hydrogen-bond acceptors (Lipinski definition) is 4. The number of hydrogen-bond donors (Lipinski definition) is 0. The fourth-order valence-electron chi connectivity index (χ4n) is 2.66. The lowest BCUT2D eigenvalue weighted by Gasteiger charge is -2.06. The molecule has 4 aromatic rings. The zero-order valence-corrected chi connectivity index (χ0v) is 12.5. The lowest BCUT2D eigenvalue weighted by atomic mass is 10.1. The summed E-state index contributed by atoms with van der Waals surface area (Å²) < 4.78 is 16.7. The highest BCUT2D eigenvalue weighted by atomic mass is 16.5. The molecule has 0 amide bonds. The molecule has 2 aromatic carbocycles. The van der Waals surface area contributed by atoms with Crippen LogP contribution in [0.4, 0.5) is 0 Å². The summed E-state index contributed by atoms with van der Waals surface area (Å²) in [5.41, 5.74) is 1.90. The Bertz CT molecular complexity index is 1020. The molecule has 0 saturated carbocycles. The molecular weight excluding hydrogens is 292 g/mol. The first kappa shape index (κ1) is 13.6. The third kappa shape index (κ3) is 2.59. The minimum Gasteiger partial charge on any atom is -0.486 e. The van der Waals surface area contributed by atoms with E-state index in [0.717, 1.165) is 27.7 Å². The summed E-state index contributed by atoms with van der Waals surface area (Å²) in [5.74, 6) is 1.38. The van der Waals surface area contributed by atoms with Gasteiger partial charge in [-0.3, -0.25) is 0 Å². The van der Waals surface area contributed by atoms with E-state index in [1.54, 1.807) is 6.07 Å². The Morgan fingerprint density at radius 1 is 0.957 bits per heavy atom. The molecule has 0 fully saturated rings. The van der Waals surface area contributed by atoms with Gasteiger partial charge in [0.05, 0.1) is 0 Å². The topological polar surface area (TPSA) is 52.6 Å². The van der Waals surface area contributed by atoms with Gasteiger partial charge in [0, 0.05) is 22.9 Å². The summed E-state index contributed by atoms with van der Waals surface area (Å²) in [4.78, 5) is 11.5. The van der Waals surface area contributed by atoms with Crippen molar-refractivity contribution in [2.24, 2.45) is 0 Å². The number of fused-ring (bicyclic) bond motifs is 2. The molecule has 0 aliphatic heterocycles. The van der Waals surface area contributed by atoms with Gasteiger partial charge in [-0.2, -0.15) is 0 Å². The minimum absolute atomic E-state index is 0.316. The van der Waals surface area contributed by atoms with Crippen molar-refractivity contribution in [2.45, 2.75) is 13.5 Å². The molecule has 0 bridgehead atoms. The van der Waals surface area contributed by atoms with Crippen LogP contribution in [0.1, 0.15) is 11.3 Å². The molecule has 4 heteroatoms. The van der Waals surface area contributed by atoms with Crippen molar-refractivity contribution in [3.05, 3.63) is 76.3 Å². The molecule has 0 N–H and O–H groups in total. The van der Waals surface area contributed by atoms with Gasteiger partial charge >= 0.3 is 5.63 Å². The van der Waals surface area contributed by atoms with Crippen molar-refractivity contribution >= 4 is 21.9 Å². The molecule has 2 heterocycles. The van der Waals surface area contributed by atoms with Gasteiger partial charge in [-0.15, -0.1) is 0 Å². The number of rotatable bonds is 3. The van der Waals surface area contributed by atoms with E-state index in [1.807, 2.05) is 49.4 Å². The number of aryl methyl sites for hydroxylation is 1. The molecule has 0 saturated heterocycles. The van der Waals surface area contributed by atoms with Crippen LogP contribution in [0.25, 0.3) is 21.9 Å². The molecule has 0 spiro atoms. The Balaban J connectivity index is 1.61. The number of para-hydroxylation sites is 1. The first-order valence-corrected chi connectivity index (χ1v) is 7.34. The Morgan fingerprint density at radius 3 is 2.70 bits per heavy atom. The fourth-order valence-corrected chi connectivity index (χ4v) is 2.66. The third-order valence-electron chi connectivity index (χ3n) is 3.78. The van der Waals surface area contributed by atoms with E-state index in [9.17, 15) is 4.79 Å². The van der Waals surface area contributed by atoms with Gasteiger partial charge in [-0.05, 0) is 36.8 Å². The summed E-state index contributed by atoms with van der Waals surface area (Å²) in [6.45, 7) is 2.20. The van der Waals surface area contributed by atoms with Crippen LogP contribution in [0.15, 0.2) is 68.2 Å². The Kier molecular flexibility index (Phi) is 3.15. The average molecular weight is 306 g/mol. The summed E-state index contributed by atoms with van der Waals surface area (Å²) in [5, 5.41) is 1.95. The largest absolute Gasteiger partial charge is 0.486 e. The van der Waals surface area contributed by atoms with Gasteiger partial charge < -0.3 is 13.6 Å². The number of benzene rings is 2. The second-order valence-electron chi connectivity index (χ2n) is 5.45. The summed E-state index contributed by atoms with van der Waals surface area (Å²) in [6.07, 6.45) is 0. The van der Waals surface area contributed by atoms with Gasteiger partial charge in [0.1, 0.15) is 29.3 Å². The van der Waals surface area contributed by atoms with Gasteiger partial charge in [-0.25, -0.2) is 4.79 Å². The van der Waals surface area contributed by atoms with Gasteiger partial charge in [0.15, 0.2) is 0 Å². The first-order chi connectivity index (χ1) is 11.2. The number of furan rings is 1. The molecule has 0 unspecified atom stereocenters. The predicted molar refractivity (Wildman–Crippen MR) is 87.8 cm³/mol. The fraction of sp³-hybridized carbons (Fsp3) is 0.105. The Hall–Kier alpha value is -3.01. The zero-order chi connectivity index (χ0) is 15.8. The van der Waals surface area contributed by atoms with E-state index in [1.165, 1.54) is 6.07 Å². The van der Waals surface area contributed by atoms with Crippen LogP contribution in [0.2, 0.25) is 0 Å². The Labute approximate surface area is 131 Å². The first-order valence-electron chi connectivity index (χ1n) is 7.34. The minimum atomic E-state index is -0.357. The van der Waals surface area contributed by atoms with Crippen LogP contribution >= 0.6 is 0 Å². The van der Waals surface area contributed by atoms with Crippen LogP contribution in [0.5, 0.6) is 5.75 Å². The Morgan fingerprint density at radius 2 is 1.83 bits per heavy atom.